The number of benzene rings is 3. The van der Waals surface area contributed by atoms with Crippen LogP contribution in [0.15, 0.2) is 72.9 Å². The minimum absolute atomic E-state index is 0.203. The maximum atomic E-state index is 13.1. The van der Waals surface area contributed by atoms with Crippen molar-refractivity contribution in [1.82, 2.24) is 15.1 Å². The van der Waals surface area contributed by atoms with Gasteiger partial charge in [0, 0.05) is 23.7 Å². The van der Waals surface area contributed by atoms with E-state index in [9.17, 15) is 9.18 Å². The van der Waals surface area contributed by atoms with Crippen molar-refractivity contribution in [3.8, 4) is 17.2 Å². The largest absolute Gasteiger partial charge is 0.351 e. The van der Waals surface area contributed by atoms with Crippen LogP contribution in [0.3, 0.4) is 0 Å². The van der Waals surface area contributed by atoms with E-state index in [-0.39, 0.29) is 18.1 Å². The molecule has 0 saturated carbocycles. The van der Waals surface area contributed by atoms with E-state index < -0.39 is 0 Å². The number of aromatic nitrogens is 2. The summed E-state index contributed by atoms with van der Waals surface area (Å²) in [6.07, 6.45) is 2.24. The summed E-state index contributed by atoms with van der Waals surface area (Å²) in [4.78, 5) is 12.3. The van der Waals surface area contributed by atoms with Gasteiger partial charge in [-0.05, 0) is 47.0 Å². The molecule has 0 saturated heterocycles. The van der Waals surface area contributed by atoms with Gasteiger partial charge in [-0.2, -0.15) is 10.4 Å². The second-order valence-corrected chi connectivity index (χ2v) is 6.94. The highest BCUT2D eigenvalue weighted by Gasteiger charge is 2.11. The fourth-order valence-corrected chi connectivity index (χ4v) is 3.36. The number of halogens is 1. The van der Waals surface area contributed by atoms with Crippen molar-refractivity contribution >= 4 is 16.8 Å². The van der Waals surface area contributed by atoms with Crippen LogP contribution >= 0.6 is 0 Å². The molecule has 4 aromatic rings. The van der Waals surface area contributed by atoms with Gasteiger partial charge in [0.05, 0.1) is 24.6 Å². The van der Waals surface area contributed by atoms with Crippen molar-refractivity contribution < 1.29 is 9.18 Å². The zero-order chi connectivity index (χ0) is 20.9. The highest BCUT2D eigenvalue weighted by atomic mass is 19.1. The molecule has 0 bridgehead atoms. The lowest BCUT2D eigenvalue weighted by Gasteiger charge is -2.07. The molecule has 1 amide bonds. The van der Waals surface area contributed by atoms with Crippen molar-refractivity contribution in [2.45, 2.75) is 13.0 Å². The van der Waals surface area contributed by atoms with Gasteiger partial charge in [0.15, 0.2) is 0 Å². The Hall–Kier alpha value is -3.98. The van der Waals surface area contributed by atoms with Crippen LogP contribution in [0.25, 0.3) is 22.0 Å². The quantitative estimate of drug-likeness (QED) is 0.485. The third-order valence-electron chi connectivity index (χ3n) is 4.81. The van der Waals surface area contributed by atoms with E-state index in [1.165, 1.54) is 12.1 Å². The molecular formula is C24H19FN4O. The zero-order valence-electron chi connectivity index (χ0n) is 16.2. The van der Waals surface area contributed by atoms with Crippen LogP contribution < -0.4 is 5.32 Å². The second-order valence-electron chi connectivity index (χ2n) is 6.94. The van der Waals surface area contributed by atoms with E-state index in [1.54, 1.807) is 18.2 Å². The maximum Gasteiger partial charge on any atom is 0.251 e. The normalized spacial score (nSPS) is 10.7. The lowest BCUT2D eigenvalue weighted by molar-refractivity contribution is 0.0954. The standard InChI is InChI=1S/C24H19FN4O/c25-20-10-8-17(9-11-20)15-29-16-22-21(6-2-7-23(22)28-29)18-4-1-5-19(14-18)24(30)27-13-3-12-26/h1-2,4-11,14,16H,3,13,15H2,(H,27,30). The van der Waals surface area contributed by atoms with Gasteiger partial charge < -0.3 is 5.32 Å². The van der Waals surface area contributed by atoms with E-state index in [0.29, 0.717) is 18.7 Å². The maximum absolute atomic E-state index is 13.1. The van der Waals surface area contributed by atoms with Crippen molar-refractivity contribution in [1.29, 1.82) is 5.26 Å². The molecule has 148 valence electrons. The molecule has 1 N–H and O–H groups in total. The molecule has 0 spiro atoms. The number of fused-ring (bicyclic) bond motifs is 1. The number of hydrogen-bond acceptors (Lipinski definition) is 3. The fraction of sp³-hybridized carbons (Fsp3) is 0.125. The van der Waals surface area contributed by atoms with Gasteiger partial charge in [0.2, 0.25) is 0 Å². The number of hydrogen-bond donors (Lipinski definition) is 1. The predicted molar refractivity (Wildman–Crippen MR) is 113 cm³/mol. The minimum Gasteiger partial charge on any atom is -0.351 e. The Morgan fingerprint density at radius 2 is 1.90 bits per heavy atom. The molecular weight excluding hydrogens is 379 g/mol. The molecule has 0 fully saturated rings. The van der Waals surface area contributed by atoms with Crippen LogP contribution in [0.1, 0.15) is 22.3 Å². The summed E-state index contributed by atoms with van der Waals surface area (Å²) >= 11 is 0. The van der Waals surface area contributed by atoms with Crippen LogP contribution in [-0.4, -0.2) is 22.2 Å². The molecule has 0 radical (unpaired) electrons. The Morgan fingerprint density at radius 3 is 2.70 bits per heavy atom. The lowest BCUT2D eigenvalue weighted by atomic mass is 10.00. The van der Waals surface area contributed by atoms with Gasteiger partial charge in [-0.25, -0.2) is 4.39 Å². The molecule has 0 aliphatic carbocycles. The second kappa shape index (κ2) is 8.58. The van der Waals surface area contributed by atoms with Crippen LogP contribution in [0.5, 0.6) is 0 Å². The molecule has 4 rings (SSSR count). The molecule has 0 unspecified atom stereocenters. The van der Waals surface area contributed by atoms with Gasteiger partial charge in [-0.1, -0.05) is 36.4 Å². The van der Waals surface area contributed by atoms with E-state index >= 15 is 0 Å². The molecule has 0 aliphatic rings. The fourth-order valence-electron chi connectivity index (χ4n) is 3.36. The monoisotopic (exact) mass is 398 g/mol. The highest BCUT2D eigenvalue weighted by Crippen LogP contribution is 2.29. The summed E-state index contributed by atoms with van der Waals surface area (Å²) in [6.45, 7) is 0.862. The number of carbonyl (C=O) groups excluding carboxylic acids is 1. The topological polar surface area (TPSA) is 70.7 Å². The third kappa shape index (κ3) is 4.20. The number of rotatable bonds is 6. The number of carbonyl (C=O) groups is 1. The van der Waals surface area contributed by atoms with Gasteiger partial charge in [-0.15, -0.1) is 0 Å². The third-order valence-corrected chi connectivity index (χ3v) is 4.81. The van der Waals surface area contributed by atoms with E-state index in [1.807, 2.05) is 53.3 Å². The lowest BCUT2D eigenvalue weighted by Crippen LogP contribution is -2.24. The Balaban J connectivity index is 1.64. The Labute approximate surface area is 173 Å². The summed E-state index contributed by atoms with van der Waals surface area (Å²) in [5.41, 5.74) is 4.24. The molecule has 0 atom stereocenters. The molecule has 1 aromatic heterocycles. The first-order valence-corrected chi connectivity index (χ1v) is 9.60. The molecule has 0 aliphatic heterocycles. The van der Waals surface area contributed by atoms with Gasteiger partial charge >= 0.3 is 0 Å². The summed E-state index contributed by atoms with van der Waals surface area (Å²) in [7, 11) is 0. The molecule has 3 aromatic carbocycles. The summed E-state index contributed by atoms with van der Waals surface area (Å²) in [5.74, 6) is -0.463. The summed E-state index contributed by atoms with van der Waals surface area (Å²) in [6, 6.07) is 21.7. The Bertz CT molecular complexity index is 1240. The number of nitrogens with one attached hydrogen (secondary N) is 1. The van der Waals surface area contributed by atoms with Gasteiger partial charge in [-0.3, -0.25) is 9.48 Å². The van der Waals surface area contributed by atoms with Crippen molar-refractivity contribution in [2.24, 2.45) is 0 Å². The average molecular weight is 398 g/mol. The number of nitrogens with zero attached hydrogens (tertiary/aromatic N) is 3. The SMILES string of the molecule is N#CCCNC(=O)c1cccc(-c2cccc3nn(Cc4ccc(F)cc4)cc23)c1. The number of nitriles is 1. The van der Waals surface area contributed by atoms with Gasteiger partial charge in [0.25, 0.3) is 5.91 Å². The highest BCUT2D eigenvalue weighted by molar-refractivity contribution is 5.98. The summed E-state index contributed by atoms with van der Waals surface area (Å²) < 4.78 is 15.0. The first-order valence-electron chi connectivity index (χ1n) is 9.60. The van der Waals surface area contributed by atoms with Crippen molar-refractivity contribution in [2.75, 3.05) is 6.54 Å². The van der Waals surface area contributed by atoms with Crippen LogP contribution in [0, 0.1) is 17.1 Å². The molecule has 1 heterocycles. The van der Waals surface area contributed by atoms with Crippen molar-refractivity contribution in [3.63, 3.8) is 0 Å². The molecule has 30 heavy (non-hydrogen) atoms. The smallest absolute Gasteiger partial charge is 0.251 e. The first-order chi connectivity index (χ1) is 14.6. The van der Waals surface area contributed by atoms with E-state index in [2.05, 4.69) is 10.4 Å². The average Bonchev–Trinajstić information content (AvgIpc) is 3.18. The van der Waals surface area contributed by atoms with Gasteiger partial charge in [0.1, 0.15) is 5.82 Å². The van der Waals surface area contributed by atoms with E-state index in [0.717, 1.165) is 27.6 Å². The number of amides is 1. The molecule has 6 heteroatoms. The van der Waals surface area contributed by atoms with Crippen LogP contribution in [-0.2, 0) is 6.54 Å². The minimum atomic E-state index is -0.261. The predicted octanol–water partition coefficient (Wildman–Crippen LogP) is 4.53. The molecule has 5 nitrogen and oxygen atoms in total. The first kappa shape index (κ1) is 19.3. The van der Waals surface area contributed by atoms with Crippen LogP contribution in [0.4, 0.5) is 4.39 Å². The van der Waals surface area contributed by atoms with Crippen LogP contribution in [0.2, 0.25) is 0 Å². The van der Waals surface area contributed by atoms with E-state index in [4.69, 9.17) is 5.26 Å². The Kier molecular flexibility index (Phi) is 5.53. The zero-order valence-corrected chi connectivity index (χ0v) is 16.2. The summed E-state index contributed by atoms with van der Waals surface area (Å²) in [5, 5.41) is 17.0. The van der Waals surface area contributed by atoms with Crippen molar-refractivity contribution in [3.05, 3.63) is 89.9 Å². The Morgan fingerprint density at radius 1 is 1.10 bits per heavy atom.